The fourth-order valence-corrected chi connectivity index (χ4v) is 6.57. The number of aromatic nitrogens is 1. The van der Waals surface area contributed by atoms with Crippen LogP contribution in [0.3, 0.4) is 0 Å². The van der Waals surface area contributed by atoms with E-state index in [1.807, 2.05) is 12.1 Å². The predicted octanol–water partition coefficient (Wildman–Crippen LogP) is 4.30. The summed E-state index contributed by atoms with van der Waals surface area (Å²) >= 11 is 0. The van der Waals surface area contributed by atoms with Crippen LogP contribution in [0.15, 0.2) is 42.6 Å². The zero-order valence-corrected chi connectivity index (χ0v) is 20.5. The fraction of sp³-hybridized carbons (Fsp3) is 0.464. The predicted molar refractivity (Wildman–Crippen MR) is 132 cm³/mol. The molecule has 34 heavy (non-hydrogen) atoms. The van der Waals surface area contributed by atoms with Crippen LogP contribution < -0.4 is 4.74 Å². The Kier molecular flexibility index (Phi) is 5.19. The molecule has 6 heteroatoms. The Morgan fingerprint density at radius 3 is 2.62 bits per heavy atom. The molecule has 2 aliphatic heterocycles. The van der Waals surface area contributed by atoms with Crippen LogP contribution >= 0.6 is 0 Å². The fourth-order valence-electron chi connectivity index (χ4n) is 6.57. The van der Waals surface area contributed by atoms with Crippen LogP contribution in [0.1, 0.15) is 45.9 Å². The van der Waals surface area contributed by atoms with Crippen molar-refractivity contribution in [2.75, 3.05) is 27.3 Å². The number of hydrogen-bond acceptors (Lipinski definition) is 5. The Balaban J connectivity index is 1.38. The van der Waals surface area contributed by atoms with E-state index in [1.54, 1.807) is 7.11 Å². The first-order chi connectivity index (χ1) is 16.5. The van der Waals surface area contributed by atoms with Crippen LogP contribution in [-0.4, -0.2) is 59.7 Å². The number of rotatable bonds is 5. The quantitative estimate of drug-likeness (QED) is 0.533. The molecule has 1 saturated carbocycles. The number of aryl methyl sites for hydroxylation is 2. The van der Waals surface area contributed by atoms with E-state index in [4.69, 9.17) is 9.47 Å². The van der Waals surface area contributed by atoms with E-state index in [1.165, 1.54) is 47.5 Å². The van der Waals surface area contributed by atoms with Crippen molar-refractivity contribution in [3.05, 3.63) is 64.8 Å². The summed E-state index contributed by atoms with van der Waals surface area (Å²) in [5.74, 6) is 1.57. The van der Waals surface area contributed by atoms with Gasteiger partial charge in [-0.2, -0.15) is 0 Å². The van der Waals surface area contributed by atoms with E-state index >= 15 is 0 Å². The highest BCUT2D eigenvalue weighted by Crippen LogP contribution is 2.51. The number of carbonyl (C=O) groups excluding carboxylic acids is 1. The maximum atomic E-state index is 12.0. The van der Waals surface area contributed by atoms with Crippen LogP contribution in [0.25, 0.3) is 10.9 Å². The van der Waals surface area contributed by atoms with Crippen molar-refractivity contribution in [2.24, 2.45) is 13.0 Å². The van der Waals surface area contributed by atoms with Gasteiger partial charge in [-0.15, -0.1) is 0 Å². The minimum Gasteiger partial charge on any atom is -0.496 e. The van der Waals surface area contributed by atoms with E-state index in [0.717, 1.165) is 37.3 Å². The first kappa shape index (κ1) is 21.7. The average Bonchev–Trinajstić information content (AvgIpc) is 3.37. The standard InChI is InChI=1S/C28H33N3O3/c1-17-11-26(33-3)23(22-9-10-29(2)27(17)22)15-30-14-21-12-20-13-24(20)31(21)16-25(30)18-5-7-19(8-6-18)28(32)34-4/h5-11,20-21,24-25H,12-16H2,1-4H3/t20-,21+,24+,25?/m1/s1. The highest BCUT2D eigenvalue weighted by molar-refractivity contribution is 5.89. The summed E-state index contributed by atoms with van der Waals surface area (Å²) in [5, 5.41) is 1.27. The minimum atomic E-state index is -0.289. The minimum absolute atomic E-state index is 0.270. The van der Waals surface area contributed by atoms with Crippen LogP contribution in [0.4, 0.5) is 0 Å². The Bertz CT molecular complexity index is 1250. The number of nitrogens with zero attached hydrogens (tertiary/aromatic N) is 3. The van der Waals surface area contributed by atoms with Gasteiger partial charge < -0.3 is 14.0 Å². The summed E-state index contributed by atoms with van der Waals surface area (Å²) in [6, 6.07) is 14.1. The number of hydrogen-bond donors (Lipinski definition) is 0. The van der Waals surface area contributed by atoms with Crippen molar-refractivity contribution >= 4 is 16.9 Å². The van der Waals surface area contributed by atoms with E-state index in [2.05, 4.69) is 58.8 Å². The Labute approximate surface area is 201 Å². The highest BCUT2D eigenvalue weighted by Gasteiger charge is 2.54. The van der Waals surface area contributed by atoms with Crippen molar-refractivity contribution in [3.8, 4) is 5.75 Å². The van der Waals surface area contributed by atoms with Gasteiger partial charge in [0.15, 0.2) is 0 Å². The number of carbonyl (C=O) groups is 1. The largest absolute Gasteiger partial charge is 0.496 e. The molecule has 1 aromatic heterocycles. The molecular weight excluding hydrogens is 426 g/mol. The topological polar surface area (TPSA) is 46.9 Å². The number of esters is 1. The summed E-state index contributed by atoms with van der Waals surface area (Å²) in [5.41, 5.74) is 5.62. The van der Waals surface area contributed by atoms with Gasteiger partial charge in [-0.25, -0.2) is 4.79 Å². The Morgan fingerprint density at radius 2 is 1.88 bits per heavy atom. The molecule has 3 aromatic rings. The number of fused-ring (bicyclic) bond motifs is 4. The molecule has 178 valence electrons. The smallest absolute Gasteiger partial charge is 0.337 e. The molecule has 0 bridgehead atoms. The SMILES string of the molecule is COC(=O)c1ccc(C2CN3[C@@H](C[C@@H]4C[C@@H]43)CN2Cc2c(OC)cc(C)c3c2ccn3C)cc1. The maximum absolute atomic E-state index is 12.0. The third kappa shape index (κ3) is 3.43. The monoisotopic (exact) mass is 459 g/mol. The Morgan fingerprint density at radius 1 is 1.09 bits per heavy atom. The molecule has 2 saturated heterocycles. The maximum Gasteiger partial charge on any atom is 0.337 e. The van der Waals surface area contributed by atoms with Crippen molar-refractivity contribution < 1.29 is 14.3 Å². The van der Waals surface area contributed by atoms with Gasteiger partial charge in [-0.3, -0.25) is 9.80 Å². The van der Waals surface area contributed by atoms with Crippen molar-refractivity contribution in [1.82, 2.24) is 14.4 Å². The lowest BCUT2D eigenvalue weighted by atomic mass is 9.96. The third-order valence-corrected chi connectivity index (χ3v) is 8.34. The summed E-state index contributed by atoms with van der Waals surface area (Å²) in [4.78, 5) is 17.4. The zero-order chi connectivity index (χ0) is 23.6. The number of benzene rings is 2. The molecule has 0 N–H and O–H groups in total. The van der Waals surface area contributed by atoms with Crippen LogP contribution in [-0.2, 0) is 18.3 Å². The lowest BCUT2D eigenvalue weighted by Crippen LogP contribution is -2.52. The third-order valence-electron chi connectivity index (χ3n) is 8.34. The second-order valence-electron chi connectivity index (χ2n) is 10.3. The van der Waals surface area contributed by atoms with Gasteiger partial charge in [0.2, 0.25) is 0 Å². The molecule has 0 radical (unpaired) electrons. The molecule has 3 aliphatic rings. The summed E-state index contributed by atoms with van der Waals surface area (Å²) in [6.45, 7) is 5.09. The molecule has 1 aliphatic carbocycles. The lowest BCUT2D eigenvalue weighted by Gasteiger charge is -2.45. The molecule has 2 aromatic carbocycles. The van der Waals surface area contributed by atoms with Gasteiger partial charge in [0.1, 0.15) is 5.75 Å². The van der Waals surface area contributed by atoms with Crippen molar-refractivity contribution in [2.45, 2.75) is 44.4 Å². The van der Waals surface area contributed by atoms with E-state index in [-0.39, 0.29) is 12.0 Å². The second kappa shape index (κ2) is 8.14. The molecular formula is C28H33N3O3. The van der Waals surface area contributed by atoms with E-state index < -0.39 is 0 Å². The molecule has 0 spiro atoms. The van der Waals surface area contributed by atoms with Gasteiger partial charge in [-0.1, -0.05) is 12.1 Å². The normalized spacial score (nSPS) is 26.4. The summed E-state index contributed by atoms with van der Waals surface area (Å²) in [7, 11) is 5.32. The number of piperidine rings is 1. The number of piperazine rings is 1. The number of methoxy groups -OCH3 is 2. The zero-order valence-electron chi connectivity index (χ0n) is 20.5. The molecule has 4 atom stereocenters. The van der Waals surface area contributed by atoms with Gasteiger partial charge in [0.05, 0.1) is 25.3 Å². The van der Waals surface area contributed by atoms with E-state index in [9.17, 15) is 4.79 Å². The first-order valence-electron chi connectivity index (χ1n) is 12.3. The highest BCUT2D eigenvalue weighted by atomic mass is 16.5. The van der Waals surface area contributed by atoms with Gasteiger partial charge in [0.25, 0.3) is 0 Å². The molecule has 3 heterocycles. The lowest BCUT2D eigenvalue weighted by molar-refractivity contribution is 0.0312. The second-order valence-corrected chi connectivity index (χ2v) is 10.3. The molecule has 3 fully saturated rings. The summed E-state index contributed by atoms with van der Waals surface area (Å²) in [6.07, 6.45) is 4.83. The van der Waals surface area contributed by atoms with Gasteiger partial charge >= 0.3 is 5.97 Å². The van der Waals surface area contributed by atoms with E-state index in [0.29, 0.717) is 11.6 Å². The summed E-state index contributed by atoms with van der Waals surface area (Å²) < 4.78 is 13.0. The van der Waals surface area contributed by atoms with Crippen LogP contribution in [0.5, 0.6) is 5.75 Å². The van der Waals surface area contributed by atoms with Crippen molar-refractivity contribution in [1.29, 1.82) is 0 Å². The first-order valence-corrected chi connectivity index (χ1v) is 12.3. The van der Waals surface area contributed by atoms with Crippen molar-refractivity contribution in [3.63, 3.8) is 0 Å². The van der Waals surface area contributed by atoms with Gasteiger partial charge in [0, 0.05) is 62.0 Å². The average molecular weight is 460 g/mol. The number of ether oxygens (including phenoxy) is 2. The molecule has 1 unspecified atom stereocenters. The Hall–Kier alpha value is -2.83. The molecule has 6 nitrogen and oxygen atoms in total. The van der Waals surface area contributed by atoms with Crippen LogP contribution in [0, 0.1) is 12.8 Å². The molecule has 6 rings (SSSR count). The van der Waals surface area contributed by atoms with Gasteiger partial charge in [-0.05, 0) is 61.1 Å². The van der Waals surface area contributed by atoms with Crippen LogP contribution in [0.2, 0.25) is 0 Å². The molecule has 0 amide bonds.